The van der Waals surface area contributed by atoms with E-state index in [9.17, 15) is 0 Å². The average molecular weight is 443 g/mol. The molecule has 5 rings (SSSR count). The Balaban J connectivity index is 0.00000133. The van der Waals surface area contributed by atoms with Gasteiger partial charge < -0.3 is 4.74 Å². The lowest BCUT2D eigenvalue weighted by atomic mass is 9.83. The zero-order chi connectivity index (χ0) is 24.1. The monoisotopic (exact) mass is 442 g/mol. The molecule has 5 aromatic rings. The van der Waals surface area contributed by atoms with Crippen molar-refractivity contribution in [3.63, 3.8) is 0 Å². The highest BCUT2D eigenvalue weighted by molar-refractivity contribution is 6.12. The molecule has 0 aliphatic rings. The van der Waals surface area contributed by atoms with Crippen LogP contribution in [0.3, 0.4) is 0 Å². The van der Waals surface area contributed by atoms with Gasteiger partial charge in [0.1, 0.15) is 5.75 Å². The van der Waals surface area contributed by atoms with Crippen LogP contribution in [0.25, 0.3) is 56.0 Å². The average Bonchev–Trinajstić information content (AvgIpc) is 2.92. The minimum Gasteiger partial charge on any atom is -0.497 e. The molecular weight excluding hydrogens is 412 g/mol. The van der Waals surface area contributed by atoms with Crippen LogP contribution in [0.5, 0.6) is 5.75 Å². The van der Waals surface area contributed by atoms with Crippen LogP contribution in [0.4, 0.5) is 0 Å². The van der Waals surface area contributed by atoms with E-state index in [0.29, 0.717) is 0 Å². The predicted molar refractivity (Wildman–Crippen MR) is 150 cm³/mol. The third-order valence-corrected chi connectivity index (χ3v) is 6.10. The third kappa shape index (κ3) is 4.02. The number of ether oxygens (including phenoxy) is 1. The number of benzene rings is 5. The van der Waals surface area contributed by atoms with Gasteiger partial charge in [0, 0.05) is 0 Å². The molecule has 0 unspecified atom stereocenters. The normalized spacial score (nSPS) is 10.4. The molecule has 0 N–H and O–H groups in total. The molecule has 0 aromatic heterocycles. The summed E-state index contributed by atoms with van der Waals surface area (Å²) in [6, 6.07) is 31.9. The summed E-state index contributed by atoms with van der Waals surface area (Å²) in [5.41, 5.74) is 6.93. The summed E-state index contributed by atoms with van der Waals surface area (Å²) < 4.78 is 5.39. The van der Waals surface area contributed by atoms with E-state index in [1.165, 1.54) is 32.8 Å². The van der Waals surface area contributed by atoms with Gasteiger partial charge in [-0.05, 0) is 73.1 Å². The smallest absolute Gasteiger partial charge is 0.119 e. The summed E-state index contributed by atoms with van der Waals surface area (Å²) in [6.45, 7) is 12.4. The van der Waals surface area contributed by atoms with Gasteiger partial charge in [-0.1, -0.05) is 112 Å². The largest absolute Gasteiger partial charge is 0.497 e. The fourth-order valence-electron chi connectivity index (χ4n) is 4.64. The number of hydrogen-bond donors (Lipinski definition) is 0. The highest BCUT2D eigenvalue weighted by atomic mass is 16.5. The minimum absolute atomic E-state index is 0.864. The molecule has 5 aromatic carbocycles. The first-order chi connectivity index (χ1) is 16.7. The lowest BCUT2D eigenvalue weighted by Gasteiger charge is -2.20. The molecule has 0 aliphatic carbocycles. The quantitative estimate of drug-likeness (QED) is 0.263. The molecule has 1 nitrogen and oxygen atoms in total. The van der Waals surface area contributed by atoms with Crippen LogP contribution >= 0.6 is 0 Å². The maximum Gasteiger partial charge on any atom is 0.119 e. The summed E-state index contributed by atoms with van der Waals surface area (Å²) in [5.74, 6) is 0.864. The van der Waals surface area contributed by atoms with Crippen LogP contribution in [0.2, 0.25) is 0 Å². The Kier molecular flexibility index (Phi) is 6.94. The SMILES string of the molecule is C=Cc1c(C=C)c(-c2ccc3cc(OC)ccc3c2)c2ccccc2c1-c1ccccc1.CC. The Hall–Kier alpha value is -4.10. The standard InChI is InChI=1S/C31H24O.C2H6/c1-4-26-27(5-2)31(24-16-15-23-20-25(32-3)18-17-22(23)19-24)29-14-10-9-13-28(29)30(26)21-11-7-6-8-12-21;1-2/h4-20H,1-2H2,3H3;1-2H3. The molecule has 0 bridgehead atoms. The van der Waals surface area contributed by atoms with Crippen molar-refractivity contribution in [3.8, 4) is 28.0 Å². The predicted octanol–water partition coefficient (Wildman–Crippen LogP) is 9.65. The molecule has 1 heteroatoms. The summed E-state index contributed by atoms with van der Waals surface area (Å²) in [4.78, 5) is 0. The van der Waals surface area contributed by atoms with Crippen molar-refractivity contribution in [2.45, 2.75) is 13.8 Å². The molecule has 0 fully saturated rings. The van der Waals surface area contributed by atoms with E-state index in [1.807, 2.05) is 38.1 Å². The number of hydrogen-bond acceptors (Lipinski definition) is 1. The molecule has 0 heterocycles. The van der Waals surface area contributed by atoms with Crippen LogP contribution in [0.1, 0.15) is 25.0 Å². The van der Waals surface area contributed by atoms with Gasteiger partial charge in [0.2, 0.25) is 0 Å². The first-order valence-corrected chi connectivity index (χ1v) is 11.7. The molecule has 0 saturated heterocycles. The molecule has 0 aliphatic heterocycles. The molecule has 0 spiro atoms. The topological polar surface area (TPSA) is 9.23 Å². The second-order valence-electron chi connectivity index (χ2n) is 7.83. The van der Waals surface area contributed by atoms with Crippen molar-refractivity contribution < 1.29 is 4.74 Å². The summed E-state index contributed by atoms with van der Waals surface area (Å²) in [7, 11) is 1.70. The fraction of sp³-hybridized carbons (Fsp3) is 0.0909. The number of rotatable bonds is 5. The molecule has 34 heavy (non-hydrogen) atoms. The van der Waals surface area contributed by atoms with Gasteiger partial charge in [-0.15, -0.1) is 0 Å². The zero-order valence-electron chi connectivity index (χ0n) is 20.1. The summed E-state index contributed by atoms with van der Waals surface area (Å²) >= 11 is 0. The maximum atomic E-state index is 5.39. The second kappa shape index (κ2) is 10.2. The van der Waals surface area contributed by atoms with Gasteiger partial charge in [0.05, 0.1) is 7.11 Å². The molecule has 168 valence electrons. The van der Waals surface area contributed by atoms with Crippen molar-refractivity contribution in [1.29, 1.82) is 0 Å². The molecule has 0 amide bonds. The van der Waals surface area contributed by atoms with Gasteiger partial charge >= 0.3 is 0 Å². The van der Waals surface area contributed by atoms with Crippen LogP contribution in [0, 0.1) is 0 Å². The van der Waals surface area contributed by atoms with Crippen molar-refractivity contribution in [2.24, 2.45) is 0 Å². The lowest BCUT2D eigenvalue weighted by molar-refractivity contribution is 0.415. The molecule has 0 saturated carbocycles. The molecular formula is C33H30O. The Morgan fingerprint density at radius 1 is 0.588 bits per heavy atom. The van der Waals surface area contributed by atoms with Gasteiger partial charge in [0.25, 0.3) is 0 Å². The van der Waals surface area contributed by atoms with Crippen LogP contribution in [-0.2, 0) is 0 Å². The van der Waals surface area contributed by atoms with E-state index >= 15 is 0 Å². The summed E-state index contributed by atoms with van der Waals surface area (Å²) in [5, 5.41) is 4.75. The van der Waals surface area contributed by atoms with E-state index in [-0.39, 0.29) is 0 Å². The Bertz CT molecular complexity index is 1480. The fourth-order valence-corrected chi connectivity index (χ4v) is 4.64. The van der Waals surface area contributed by atoms with E-state index in [0.717, 1.165) is 27.8 Å². The van der Waals surface area contributed by atoms with Crippen molar-refractivity contribution in [1.82, 2.24) is 0 Å². The number of fused-ring (bicyclic) bond motifs is 2. The van der Waals surface area contributed by atoms with Crippen LogP contribution in [0.15, 0.2) is 104 Å². The summed E-state index contributed by atoms with van der Waals surface area (Å²) in [6.07, 6.45) is 3.92. The van der Waals surface area contributed by atoms with Gasteiger partial charge in [-0.2, -0.15) is 0 Å². The van der Waals surface area contributed by atoms with Gasteiger partial charge in [0.15, 0.2) is 0 Å². The van der Waals surface area contributed by atoms with E-state index in [2.05, 4.69) is 92.0 Å². The van der Waals surface area contributed by atoms with Crippen molar-refractivity contribution >= 4 is 33.7 Å². The second-order valence-corrected chi connectivity index (χ2v) is 7.83. The first kappa shape index (κ1) is 23.1. The molecule has 0 atom stereocenters. The van der Waals surface area contributed by atoms with Gasteiger partial charge in [-0.3, -0.25) is 0 Å². The van der Waals surface area contributed by atoms with E-state index in [1.54, 1.807) is 7.11 Å². The minimum atomic E-state index is 0.864. The lowest BCUT2D eigenvalue weighted by Crippen LogP contribution is -1.96. The van der Waals surface area contributed by atoms with Crippen LogP contribution in [-0.4, -0.2) is 7.11 Å². The van der Waals surface area contributed by atoms with E-state index < -0.39 is 0 Å². The van der Waals surface area contributed by atoms with E-state index in [4.69, 9.17) is 4.74 Å². The van der Waals surface area contributed by atoms with Crippen LogP contribution < -0.4 is 4.74 Å². The Morgan fingerprint density at radius 3 is 1.71 bits per heavy atom. The maximum absolute atomic E-state index is 5.39. The third-order valence-electron chi connectivity index (χ3n) is 6.10. The molecule has 0 radical (unpaired) electrons. The highest BCUT2D eigenvalue weighted by Gasteiger charge is 2.18. The first-order valence-electron chi connectivity index (χ1n) is 11.7. The van der Waals surface area contributed by atoms with Gasteiger partial charge in [-0.25, -0.2) is 0 Å². The van der Waals surface area contributed by atoms with Crippen molar-refractivity contribution in [2.75, 3.05) is 7.11 Å². The zero-order valence-corrected chi connectivity index (χ0v) is 20.1. The Labute approximate surface area is 202 Å². The Morgan fingerprint density at radius 2 is 1.12 bits per heavy atom. The highest BCUT2D eigenvalue weighted by Crippen LogP contribution is 2.43. The van der Waals surface area contributed by atoms with Crippen molar-refractivity contribution in [3.05, 3.63) is 115 Å². The number of methoxy groups -OCH3 is 1.